The van der Waals surface area contributed by atoms with E-state index in [0.29, 0.717) is 5.92 Å². The molecule has 0 aliphatic heterocycles. The third-order valence-electron chi connectivity index (χ3n) is 4.12. The average Bonchev–Trinajstić information content (AvgIpc) is 2.84. The van der Waals surface area contributed by atoms with Crippen molar-refractivity contribution in [1.82, 2.24) is 5.32 Å². The van der Waals surface area contributed by atoms with Crippen molar-refractivity contribution in [1.29, 1.82) is 0 Å². The summed E-state index contributed by atoms with van der Waals surface area (Å²) in [6, 6.07) is 8.46. The van der Waals surface area contributed by atoms with Crippen LogP contribution in [0.5, 0.6) is 0 Å². The van der Waals surface area contributed by atoms with E-state index in [9.17, 15) is 0 Å². The maximum atomic E-state index is 6.01. The van der Waals surface area contributed by atoms with Crippen LogP contribution >= 0.6 is 11.6 Å². The summed E-state index contributed by atoms with van der Waals surface area (Å²) in [7, 11) is 0. The molecule has 0 bridgehead atoms. The van der Waals surface area contributed by atoms with E-state index in [0.717, 1.165) is 17.5 Å². The van der Waals surface area contributed by atoms with E-state index in [1.54, 1.807) is 0 Å². The van der Waals surface area contributed by atoms with Gasteiger partial charge in [-0.1, -0.05) is 36.6 Å². The first-order valence-corrected chi connectivity index (χ1v) is 7.84. The first kappa shape index (κ1) is 14.9. The second-order valence-corrected chi connectivity index (χ2v) is 7.27. The topological polar surface area (TPSA) is 12.0 Å². The molecule has 1 unspecified atom stereocenters. The van der Waals surface area contributed by atoms with E-state index in [-0.39, 0.29) is 5.54 Å². The van der Waals surface area contributed by atoms with Crippen molar-refractivity contribution >= 4 is 11.6 Å². The second-order valence-electron chi connectivity index (χ2n) is 6.83. The van der Waals surface area contributed by atoms with Gasteiger partial charge >= 0.3 is 0 Å². The molecule has 2 rings (SSSR count). The van der Waals surface area contributed by atoms with Crippen molar-refractivity contribution in [2.45, 2.75) is 57.9 Å². The number of hydrogen-bond acceptors (Lipinski definition) is 1. The average molecular weight is 280 g/mol. The van der Waals surface area contributed by atoms with Crippen LogP contribution in [0.2, 0.25) is 5.02 Å². The number of rotatable bonds is 4. The monoisotopic (exact) mass is 279 g/mol. The number of hydrogen-bond donors (Lipinski definition) is 1. The van der Waals surface area contributed by atoms with E-state index in [2.05, 4.69) is 38.2 Å². The third-order valence-corrected chi connectivity index (χ3v) is 4.37. The fraction of sp³-hybridized carbons (Fsp3) is 0.647. The molecule has 1 aromatic rings. The van der Waals surface area contributed by atoms with Gasteiger partial charge in [0, 0.05) is 17.1 Å². The molecule has 1 saturated carbocycles. The Morgan fingerprint density at radius 1 is 1.16 bits per heavy atom. The van der Waals surface area contributed by atoms with Gasteiger partial charge in [0.1, 0.15) is 0 Å². The maximum Gasteiger partial charge on any atom is 0.0406 e. The Balaban J connectivity index is 2.11. The van der Waals surface area contributed by atoms with Gasteiger partial charge in [0.05, 0.1) is 0 Å². The van der Waals surface area contributed by atoms with Crippen molar-refractivity contribution in [2.75, 3.05) is 6.54 Å². The highest BCUT2D eigenvalue weighted by Crippen LogP contribution is 2.37. The van der Waals surface area contributed by atoms with Gasteiger partial charge in [-0.15, -0.1) is 0 Å². The molecule has 0 saturated heterocycles. The zero-order valence-electron chi connectivity index (χ0n) is 12.4. The molecule has 0 heterocycles. The fourth-order valence-electron chi connectivity index (χ4n) is 3.04. The van der Waals surface area contributed by atoms with Crippen LogP contribution in [0.15, 0.2) is 24.3 Å². The summed E-state index contributed by atoms with van der Waals surface area (Å²) in [4.78, 5) is 0. The second kappa shape index (κ2) is 6.28. The first-order chi connectivity index (χ1) is 8.96. The summed E-state index contributed by atoms with van der Waals surface area (Å²) in [6.45, 7) is 7.78. The predicted molar refractivity (Wildman–Crippen MR) is 83.9 cm³/mol. The van der Waals surface area contributed by atoms with Gasteiger partial charge in [-0.05, 0) is 63.1 Å². The lowest BCUT2D eigenvalue weighted by atomic mass is 9.84. The number of nitrogens with one attached hydrogen (secondary N) is 1. The summed E-state index contributed by atoms with van der Waals surface area (Å²) in [6.07, 6.45) is 5.53. The van der Waals surface area contributed by atoms with Crippen molar-refractivity contribution in [3.05, 3.63) is 34.9 Å². The van der Waals surface area contributed by atoms with E-state index in [4.69, 9.17) is 11.6 Å². The lowest BCUT2D eigenvalue weighted by Gasteiger charge is -2.29. The molecule has 0 radical (unpaired) electrons. The Morgan fingerprint density at radius 2 is 1.74 bits per heavy atom. The molecule has 1 N–H and O–H groups in total. The van der Waals surface area contributed by atoms with Gasteiger partial charge in [0.15, 0.2) is 0 Å². The van der Waals surface area contributed by atoms with E-state index >= 15 is 0 Å². The highest BCUT2D eigenvalue weighted by atomic mass is 35.5. The van der Waals surface area contributed by atoms with Gasteiger partial charge < -0.3 is 5.32 Å². The molecule has 0 spiro atoms. The van der Waals surface area contributed by atoms with Gasteiger partial charge in [-0.2, -0.15) is 0 Å². The summed E-state index contributed by atoms with van der Waals surface area (Å²) in [5.74, 6) is 1.45. The van der Waals surface area contributed by atoms with Crippen molar-refractivity contribution < 1.29 is 0 Å². The molecular formula is C17H26ClN. The van der Waals surface area contributed by atoms with Gasteiger partial charge in [0.2, 0.25) is 0 Å². The largest absolute Gasteiger partial charge is 0.311 e. The summed E-state index contributed by atoms with van der Waals surface area (Å²) in [5, 5.41) is 4.51. The number of halogens is 1. The normalized spacial score (nSPS) is 18.7. The molecule has 1 atom stereocenters. The molecule has 2 heteroatoms. The van der Waals surface area contributed by atoms with E-state index in [1.807, 2.05) is 12.1 Å². The minimum Gasteiger partial charge on any atom is -0.311 e. The Morgan fingerprint density at radius 3 is 2.26 bits per heavy atom. The SMILES string of the molecule is CC(C)(C)NCC(c1ccc(Cl)cc1)C1CCCC1. The highest BCUT2D eigenvalue weighted by Gasteiger charge is 2.27. The quantitative estimate of drug-likeness (QED) is 0.818. The van der Waals surface area contributed by atoms with Crippen LogP contribution in [0, 0.1) is 5.92 Å². The smallest absolute Gasteiger partial charge is 0.0406 e. The molecule has 0 amide bonds. The van der Waals surface area contributed by atoms with Crippen molar-refractivity contribution in [3.8, 4) is 0 Å². The van der Waals surface area contributed by atoms with E-state index in [1.165, 1.54) is 31.2 Å². The Labute approximate surface area is 122 Å². The van der Waals surface area contributed by atoms with Crippen LogP contribution in [0.1, 0.15) is 57.9 Å². The fourth-order valence-corrected chi connectivity index (χ4v) is 3.17. The van der Waals surface area contributed by atoms with Gasteiger partial charge in [-0.25, -0.2) is 0 Å². The standard InChI is InChI=1S/C17H26ClN/c1-17(2,3)19-12-16(13-6-4-5-7-13)14-8-10-15(18)11-9-14/h8-11,13,16,19H,4-7,12H2,1-3H3. The predicted octanol–water partition coefficient (Wildman–Crippen LogP) is 5.00. The van der Waals surface area contributed by atoms with Crippen LogP contribution in [0.25, 0.3) is 0 Å². The minimum absolute atomic E-state index is 0.184. The summed E-state index contributed by atoms with van der Waals surface area (Å²) < 4.78 is 0. The van der Waals surface area contributed by atoms with Crippen LogP contribution in [0.3, 0.4) is 0 Å². The van der Waals surface area contributed by atoms with Crippen LogP contribution in [-0.4, -0.2) is 12.1 Å². The molecule has 1 aliphatic carbocycles. The molecule has 1 fully saturated rings. The third kappa shape index (κ3) is 4.50. The summed E-state index contributed by atoms with van der Waals surface area (Å²) >= 11 is 6.01. The first-order valence-electron chi connectivity index (χ1n) is 7.46. The molecule has 1 aromatic carbocycles. The maximum absolute atomic E-state index is 6.01. The highest BCUT2D eigenvalue weighted by molar-refractivity contribution is 6.30. The minimum atomic E-state index is 0.184. The van der Waals surface area contributed by atoms with Crippen LogP contribution in [0.4, 0.5) is 0 Å². The van der Waals surface area contributed by atoms with Gasteiger partial charge in [0.25, 0.3) is 0 Å². The molecule has 106 valence electrons. The zero-order valence-corrected chi connectivity index (χ0v) is 13.1. The van der Waals surface area contributed by atoms with Crippen LogP contribution < -0.4 is 5.32 Å². The molecule has 1 nitrogen and oxygen atoms in total. The molecular weight excluding hydrogens is 254 g/mol. The van der Waals surface area contributed by atoms with Gasteiger partial charge in [-0.3, -0.25) is 0 Å². The van der Waals surface area contributed by atoms with Crippen LogP contribution in [-0.2, 0) is 0 Å². The lowest BCUT2D eigenvalue weighted by Crippen LogP contribution is -2.39. The Kier molecular flexibility index (Phi) is 4.92. The van der Waals surface area contributed by atoms with E-state index < -0.39 is 0 Å². The molecule has 19 heavy (non-hydrogen) atoms. The van der Waals surface area contributed by atoms with Crippen molar-refractivity contribution in [2.24, 2.45) is 5.92 Å². The molecule has 0 aromatic heterocycles. The Hall–Kier alpha value is -0.530. The number of benzene rings is 1. The van der Waals surface area contributed by atoms with Crippen molar-refractivity contribution in [3.63, 3.8) is 0 Å². The molecule has 1 aliphatic rings. The Bertz CT molecular complexity index is 385. The lowest BCUT2D eigenvalue weighted by molar-refractivity contribution is 0.351. The summed E-state index contributed by atoms with van der Waals surface area (Å²) in [5.41, 5.74) is 1.62. The zero-order chi connectivity index (χ0) is 13.9.